The minimum Gasteiger partial charge on any atom is -0.357 e. The maximum atomic E-state index is 12.6. The fourth-order valence-corrected chi connectivity index (χ4v) is 5.29. The Kier molecular flexibility index (Phi) is 10.5. The zero-order chi connectivity index (χ0) is 21.4. The normalized spacial score (nSPS) is 17.6. The Morgan fingerprint density at radius 3 is 2.39 bits per heavy atom. The summed E-state index contributed by atoms with van der Waals surface area (Å²) in [6, 6.07) is 7.00. The van der Waals surface area contributed by atoms with Gasteiger partial charge in [-0.1, -0.05) is 12.1 Å². The predicted molar refractivity (Wildman–Crippen MR) is 133 cm³/mol. The monoisotopic (exact) mass is 563 g/mol. The van der Waals surface area contributed by atoms with Crippen LogP contribution in [0.25, 0.3) is 0 Å². The van der Waals surface area contributed by atoms with Crippen LogP contribution >= 0.6 is 24.0 Å². The molecule has 0 atom stereocenters. The van der Waals surface area contributed by atoms with Gasteiger partial charge in [-0.15, -0.1) is 24.0 Å². The average Bonchev–Trinajstić information content (AvgIpc) is 3.42. The number of hydrogen-bond acceptors (Lipinski definition) is 4. The van der Waals surface area contributed by atoms with Gasteiger partial charge in [0.2, 0.25) is 15.9 Å². The number of guanidine groups is 1. The second kappa shape index (κ2) is 12.6. The predicted octanol–water partition coefficient (Wildman–Crippen LogP) is 2.16. The van der Waals surface area contributed by atoms with Gasteiger partial charge in [-0.3, -0.25) is 4.79 Å². The first kappa shape index (κ1) is 25.9. The number of halogens is 1. The number of aliphatic imine (C=N–C) groups is 1. The third kappa shape index (κ3) is 7.31. The van der Waals surface area contributed by atoms with Gasteiger partial charge in [-0.2, -0.15) is 4.31 Å². The standard InChI is InChI=1S/C21H33N5O3S.HI/c1-2-22-21(23-12-6-14-25-13-5-7-20(25)27)24-17-18-8-10-19(11-9-18)30(28,29)26-15-3-4-16-26;/h8-11H,2-7,12-17H2,1H3,(H2,22,23,24);1H. The van der Waals surface area contributed by atoms with E-state index in [2.05, 4.69) is 15.6 Å². The molecule has 0 unspecified atom stereocenters. The summed E-state index contributed by atoms with van der Waals surface area (Å²) in [5.74, 6) is 0.977. The van der Waals surface area contributed by atoms with Crippen LogP contribution in [0.5, 0.6) is 0 Å². The van der Waals surface area contributed by atoms with E-state index in [1.54, 1.807) is 16.4 Å². The highest BCUT2D eigenvalue weighted by Gasteiger charge is 2.26. The fraction of sp³-hybridized carbons (Fsp3) is 0.619. The number of nitrogens with one attached hydrogen (secondary N) is 2. The summed E-state index contributed by atoms with van der Waals surface area (Å²) in [6.07, 6.45) is 4.38. The number of carbonyl (C=O) groups excluding carboxylic acids is 1. The molecule has 2 heterocycles. The van der Waals surface area contributed by atoms with E-state index < -0.39 is 10.0 Å². The summed E-state index contributed by atoms with van der Waals surface area (Å²) in [7, 11) is -3.38. The first-order valence-corrected chi connectivity index (χ1v) is 12.3. The number of sulfonamides is 1. The second-order valence-corrected chi connectivity index (χ2v) is 9.65. The van der Waals surface area contributed by atoms with Gasteiger partial charge in [0, 0.05) is 45.7 Å². The molecule has 0 bridgehead atoms. The average molecular weight is 564 g/mol. The molecule has 0 saturated carbocycles. The van der Waals surface area contributed by atoms with Crippen LogP contribution in [0.1, 0.15) is 44.6 Å². The van der Waals surface area contributed by atoms with E-state index in [1.807, 2.05) is 24.0 Å². The van der Waals surface area contributed by atoms with Gasteiger partial charge in [0.25, 0.3) is 0 Å². The topological polar surface area (TPSA) is 94.1 Å². The molecule has 2 N–H and O–H groups in total. The number of carbonyl (C=O) groups is 1. The highest BCUT2D eigenvalue weighted by atomic mass is 127. The molecule has 0 aromatic heterocycles. The number of benzene rings is 1. The summed E-state index contributed by atoms with van der Waals surface area (Å²) in [5, 5.41) is 6.52. The Labute approximate surface area is 202 Å². The Morgan fingerprint density at radius 1 is 1.06 bits per heavy atom. The van der Waals surface area contributed by atoms with Gasteiger partial charge in [-0.25, -0.2) is 13.4 Å². The van der Waals surface area contributed by atoms with Gasteiger partial charge in [0.15, 0.2) is 5.96 Å². The van der Waals surface area contributed by atoms with Crippen LogP contribution < -0.4 is 10.6 Å². The number of hydrogen-bond donors (Lipinski definition) is 2. The van der Waals surface area contributed by atoms with Gasteiger partial charge in [-0.05, 0) is 50.3 Å². The third-order valence-electron chi connectivity index (χ3n) is 5.46. The van der Waals surface area contributed by atoms with Crippen LogP contribution in [-0.2, 0) is 21.4 Å². The van der Waals surface area contributed by atoms with Gasteiger partial charge in [0.1, 0.15) is 0 Å². The molecule has 1 aromatic rings. The van der Waals surface area contributed by atoms with Gasteiger partial charge < -0.3 is 15.5 Å². The van der Waals surface area contributed by atoms with Crippen molar-refractivity contribution in [1.82, 2.24) is 19.8 Å². The molecule has 2 aliphatic rings. The molecule has 3 rings (SSSR count). The van der Waals surface area contributed by atoms with Crippen molar-refractivity contribution >= 4 is 45.9 Å². The molecule has 174 valence electrons. The highest BCUT2D eigenvalue weighted by molar-refractivity contribution is 14.0. The minimum absolute atomic E-state index is 0. The molecule has 0 spiro atoms. The summed E-state index contributed by atoms with van der Waals surface area (Å²) in [4.78, 5) is 18.5. The van der Waals surface area contributed by atoms with E-state index in [0.717, 1.165) is 63.4 Å². The van der Waals surface area contributed by atoms with E-state index in [0.29, 0.717) is 31.0 Å². The lowest BCUT2D eigenvalue weighted by Crippen LogP contribution is -2.39. The van der Waals surface area contributed by atoms with Crippen molar-refractivity contribution < 1.29 is 13.2 Å². The Hall–Kier alpha value is -1.40. The summed E-state index contributed by atoms with van der Waals surface area (Å²) >= 11 is 0. The molecule has 0 aliphatic carbocycles. The lowest BCUT2D eigenvalue weighted by atomic mass is 10.2. The van der Waals surface area contributed by atoms with E-state index >= 15 is 0 Å². The summed E-state index contributed by atoms with van der Waals surface area (Å²) < 4.78 is 26.8. The lowest BCUT2D eigenvalue weighted by molar-refractivity contribution is -0.127. The first-order chi connectivity index (χ1) is 14.5. The largest absolute Gasteiger partial charge is 0.357 e. The molecular weight excluding hydrogens is 529 g/mol. The molecule has 8 nitrogen and oxygen atoms in total. The maximum Gasteiger partial charge on any atom is 0.243 e. The molecule has 31 heavy (non-hydrogen) atoms. The van der Waals surface area contributed by atoms with E-state index in [4.69, 9.17) is 0 Å². The van der Waals surface area contributed by atoms with Crippen LogP contribution in [0.2, 0.25) is 0 Å². The van der Waals surface area contributed by atoms with Crippen LogP contribution in [0.15, 0.2) is 34.2 Å². The van der Waals surface area contributed by atoms with Crippen LogP contribution in [0, 0.1) is 0 Å². The number of nitrogens with zero attached hydrogens (tertiary/aromatic N) is 3. The van der Waals surface area contributed by atoms with Gasteiger partial charge in [0.05, 0.1) is 11.4 Å². The van der Waals surface area contributed by atoms with Crippen molar-refractivity contribution in [2.75, 3.05) is 39.3 Å². The smallest absolute Gasteiger partial charge is 0.243 e. The zero-order valence-electron chi connectivity index (χ0n) is 18.2. The molecule has 2 aliphatic heterocycles. The molecule has 0 radical (unpaired) electrons. The summed E-state index contributed by atoms with van der Waals surface area (Å²) in [5.41, 5.74) is 0.954. The van der Waals surface area contributed by atoms with Crippen LogP contribution in [0.4, 0.5) is 0 Å². The Morgan fingerprint density at radius 2 is 1.77 bits per heavy atom. The fourth-order valence-electron chi connectivity index (χ4n) is 3.77. The van der Waals surface area contributed by atoms with Crippen molar-refractivity contribution in [2.45, 2.75) is 50.5 Å². The van der Waals surface area contributed by atoms with E-state index in [1.165, 1.54) is 0 Å². The number of rotatable bonds is 9. The third-order valence-corrected chi connectivity index (χ3v) is 7.37. The number of amides is 1. The van der Waals surface area contributed by atoms with Crippen molar-refractivity contribution in [2.24, 2.45) is 4.99 Å². The molecule has 10 heteroatoms. The molecule has 2 fully saturated rings. The minimum atomic E-state index is -3.38. The van der Waals surface area contributed by atoms with E-state index in [-0.39, 0.29) is 29.9 Å². The Bertz CT molecular complexity index is 839. The molecule has 2 saturated heterocycles. The Balaban J connectivity index is 0.00000341. The first-order valence-electron chi connectivity index (χ1n) is 10.9. The van der Waals surface area contributed by atoms with Crippen molar-refractivity contribution in [1.29, 1.82) is 0 Å². The second-order valence-electron chi connectivity index (χ2n) is 7.71. The van der Waals surface area contributed by atoms with Gasteiger partial charge >= 0.3 is 0 Å². The van der Waals surface area contributed by atoms with Crippen LogP contribution in [0.3, 0.4) is 0 Å². The highest BCUT2D eigenvalue weighted by Crippen LogP contribution is 2.21. The molecule has 1 amide bonds. The van der Waals surface area contributed by atoms with Crippen molar-refractivity contribution in [3.05, 3.63) is 29.8 Å². The van der Waals surface area contributed by atoms with Crippen LogP contribution in [-0.4, -0.2) is 68.8 Å². The molecular formula is C21H34IN5O3S. The van der Waals surface area contributed by atoms with E-state index in [9.17, 15) is 13.2 Å². The SMILES string of the molecule is CCNC(=NCc1ccc(S(=O)(=O)N2CCCC2)cc1)NCCCN1CCCC1=O.I. The van der Waals surface area contributed by atoms with Crippen molar-refractivity contribution in [3.63, 3.8) is 0 Å². The lowest BCUT2D eigenvalue weighted by Gasteiger charge is -2.16. The number of likely N-dealkylation sites (tertiary alicyclic amines) is 1. The maximum absolute atomic E-state index is 12.6. The van der Waals surface area contributed by atoms with Crippen molar-refractivity contribution in [3.8, 4) is 0 Å². The zero-order valence-corrected chi connectivity index (χ0v) is 21.3. The quantitative estimate of drug-likeness (QED) is 0.208. The molecule has 1 aromatic carbocycles. The summed E-state index contributed by atoms with van der Waals surface area (Å²) in [6.45, 7) is 6.83.